The molecule has 194 valence electrons. The van der Waals surface area contributed by atoms with E-state index in [9.17, 15) is 8.42 Å². The summed E-state index contributed by atoms with van der Waals surface area (Å²) in [7, 11) is 0.484. The predicted molar refractivity (Wildman–Crippen MR) is 130 cm³/mol. The molecule has 36 heavy (non-hydrogen) atoms. The lowest BCUT2D eigenvalue weighted by molar-refractivity contribution is 0.0948. The van der Waals surface area contributed by atoms with Crippen molar-refractivity contribution in [2.24, 2.45) is 5.92 Å². The number of aromatic nitrogens is 7. The molecule has 0 radical (unpaired) electrons. The molecule has 0 saturated heterocycles. The second-order valence-electron chi connectivity index (χ2n) is 8.60. The number of sulfone groups is 1. The molecule has 3 heterocycles. The van der Waals surface area contributed by atoms with Gasteiger partial charge in [-0.1, -0.05) is 18.5 Å². The molecule has 12 nitrogen and oxygen atoms in total. The Morgan fingerprint density at radius 3 is 2.17 bits per heavy atom. The largest absolute Gasteiger partial charge is 0.479 e. The van der Waals surface area contributed by atoms with Gasteiger partial charge in [-0.15, -0.1) is 10.2 Å². The van der Waals surface area contributed by atoms with Crippen LogP contribution in [0.1, 0.15) is 56.2 Å². The molecule has 1 aliphatic rings. The molecule has 1 saturated carbocycles. The highest BCUT2D eigenvalue weighted by molar-refractivity contribution is 7.91. The highest BCUT2D eigenvalue weighted by Crippen LogP contribution is 2.43. The van der Waals surface area contributed by atoms with E-state index in [-0.39, 0.29) is 29.3 Å². The van der Waals surface area contributed by atoms with Crippen molar-refractivity contribution in [2.75, 3.05) is 21.3 Å². The van der Waals surface area contributed by atoms with Crippen molar-refractivity contribution in [1.29, 1.82) is 0 Å². The molecule has 0 N–H and O–H groups in total. The van der Waals surface area contributed by atoms with E-state index >= 15 is 0 Å². The van der Waals surface area contributed by atoms with Gasteiger partial charge in [0.2, 0.25) is 11.8 Å². The molecule has 1 aliphatic carbocycles. The van der Waals surface area contributed by atoms with Gasteiger partial charge in [-0.25, -0.2) is 18.4 Å². The van der Waals surface area contributed by atoms with Gasteiger partial charge in [0.25, 0.3) is 0 Å². The molecule has 0 unspecified atom stereocenters. The molecule has 1 fully saturated rings. The van der Waals surface area contributed by atoms with Gasteiger partial charge in [0.15, 0.2) is 27.2 Å². The number of ether oxygens (including phenoxy) is 3. The summed E-state index contributed by atoms with van der Waals surface area (Å²) in [6, 6.07) is 0. The van der Waals surface area contributed by atoms with Crippen LogP contribution in [-0.4, -0.2) is 69.7 Å². The minimum Gasteiger partial charge on any atom is -0.479 e. The molecule has 0 spiro atoms. The van der Waals surface area contributed by atoms with E-state index in [0.29, 0.717) is 22.5 Å². The second kappa shape index (κ2) is 10.6. The molecule has 0 amide bonds. The lowest BCUT2D eigenvalue weighted by Crippen LogP contribution is -2.30. The van der Waals surface area contributed by atoms with E-state index in [0.717, 1.165) is 12.8 Å². The summed E-state index contributed by atoms with van der Waals surface area (Å²) in [4.78, 5) is 16.7. The normalized spacial score (nSPS) is 16.4. The smallest absolute Gasteiger partial charge is 0.245 e. The summed E-state index contributed by atoms with van der Waals surface area (Å²) >= 11 is 5.88. The van der Waals surface area contributed by atoms with Crippen molar-refractivity contribution >= 4 is 21.4 Å². The van der Waals surface area contributed by atoms with Crippen LogP contribution in [0.4, 0.5) is 0 Å². The van der Waals surface area contributed by atoms with Crippen LogP contribution in [0, 0.1) is 5.92 Å². The Labute approximate surface area is 214 Å². The molecule has 0 bridgehead atoms. The maximum absolute atomic E-state index is 13.6. The fourth-order valence-electron chi connectivity index (χ4n) is 4.08. The average molecular weight is 538 g/mol. The van der Waals surface area contributed by atoms with Crippen LogP contribution in [0.15, 0.2) is 18.7 Å². The second-order valence-corrected chi connectivity index (χ2v) is 11.4. The van der Waals surface area contributed by atoms with Crippen molar-refractivity contribution in [3.8, 4) is 17.4 Å². The molecule has 0 aliphatic heterocycles. The minimum atomic E-state index is -3.85. The van der Waals surface area contributed by atoms with Crippen molar-refractivity contribution in [2.45, 2.75) is 49.7 Å². The Morgan fingerprint density at radius 2 is 1.64 bits per heavy atom. The van der Waals surface area contributed by atoms with E-state index in [1.54, 1.807) is 11.5 Å². The fraction of sp³-hybridized carbons (Fsp3) is 0.545. The van der Waals surface area contributed by atoms with Gasteiger partial charge in [-0.3, -0.25) is 4.57 Å². The molecule has 14 heteroatoms. The first-order valence-electron chi connectivity index (χ1n) is 11.3. The van der Waals surface area contributed by atoms with Crippen LogP contribution < -0.4 is 9.47 Å². The van der Waals surface area contributed by atoms with Gasteiger partial charge in [0.05, 0.1) is 24.5 Å². The Balaban J connectivity index is 1.77. The van der Waals surface area contributed by atoms with Crippen LogP contribution in [0.2, 0.25) is 5.02 Å². The zero-order chi connectivity index (χ0) is 26.0. The summed E-state index contributed by atoms with van der Waals surface area (Å²) in [5, 5.41) is 8.01. The Bertz CT molecular complexity index is 1290. The van der Waals surface area contributed by atoms with E-state index in [4.69, 9.17) is 25.8 Å². The topological polar surface area (TPSA) is 144 Å². The lowest BCUT2D eigenvalue weighted by atomic mass is 10.1. The molecule has 3 aromatic heterocycles. The zero-order valence-electron chi connectivity index (χ0n) is 20.6. The van der Waals surface area contributed by atoms with E-state index in [2.05, 4.69) is 30.1 Å². The Kier molecular flexibility index (Phi) is 7.71. The van der Waals surface area contributed by atoms with Crippen LogP contribution in [0.3, 0.4) is 0 Å². The van der Waals surface area contributed by atoms with Crippen molar-refractivity contribution < 1.29 is 22.6 Å². The highest BCUT2D eigenvalue weighted by atomic mass is 35.5. The Morgan fingerprint density at radius 1 is 1.03 bits per heavy atom. The highest BCUT2D eigenvalue weighted by Gasteiger charge is 2.38. The molecular weight excluding hydrogens is 510 g/mol. The van der Waals surface area contributed by atoms with Gasteiger partial charge in [-0.2, -0.15) is 9.97 Å². The summed E-state index contributed by atoms with van der Waals surface area (Å²) in [5.41, 5.74) is 0.345. The number of nitrogens with zero attached hydrogens (tertiary/aromatic N) is 7. The molecule has 0 aromatic carbocycles. The summed E-state index contributed by atoms with van der Waals surface area (Å²) in [5.74, 6) is 1.42. The standard InChI is InChI=1S/C22H28ClN7O5S/c1-12(14-6-7-14)20-29-28-16(30(20)17-21(34-4)26-11-27-22(17)35-5)10-36(31,32)13(2)18(33-3)19-24-8-15(23)9-25-19/h8-9,11-14,18H,6-7,10H2,1-5H3/t12-,13+,18+/m1/s1. The summed E-state index contributed by atoms with van der Waals surface area (Å²) in [6.07, 6.45) is 5.31. The maximum Gasteiger partial charge on any atom is 0.245 e. The number of halogens is 1. The number of hydrogen-bond acceptors (Lipinski definition) is 11. The fourth-order valence-corrected chi connectivity index (χ4v) is 5.60. The van der Waals surface area contributed by atoms with Crippen molar-refractivity contribution in [3.05, 3.63) is 41.2 Å². The first kappa shape index (κ1) is 26.2. The molecule has 3 aromatic rings. The van der Waals surface area contributed by atoms with Gasteiger partial charge in [0, 0.05) is 25.4 Å². The molecule has 4 rings (SSSR count). The number of rotatable bonds is 11. The van der Waals surface area contributed by atoms with Gasteiger partial charge >= 0.3 is 0 Å². The predicted octanol–water partition coefficient (Wildman–Crippen LogP) is 2.72. The average Bonchev–Trinajstić information content (AvgIpc) is 3.65. The van der Waals surface area contributed by atoms with Gasteiger partial charge in [-0.05, 0) is 25.7 Å². The zero-order valence-corrected chi connectivity index (χ0v) is 22.2. The molecule has 3 atom stereocenters. The first-order valence-corrected chi connectivity index (χ1v) is 13.4. The monoisotopic (exact) mass is 537 g/mol. The maximum atomic E-state index is 13.6. The van der Waals surface area contributed by atoms with Crippen LogP contribution in [0.25, 0.3) is 5.69 Å². The quantitative estimate of drug-likeness (QED) is 0.356. The number of hydrogen-bond donors (Lipinski definition) is 0. The third kappa shape index (κ3) is 5.13. The molecular formula is C22H28ClN7O5S. The van der Waals surface area contributed by atoms with Crippen LogP contribution in [-0.2, 0) is 20.3 Å². The third-order valence-electron chi connectivity index (χ3n) is 6.33. The van der Waals surface area contributed by atoms with E-state index < -0.39 is 26.9 Å². The van der Waals surface area contributed by atoms with Gasteiger partial charge in [0.1, 0.15) is 24.0 Å². The van der Waals surface area contributed by atoms with E-state index in [1.165, 1.54) is 40.1 Å². The van der Waals surface area contributed by atoms with Crippen molar-refractivity contribution in [1.82, 2.24) is 34.7 Å². The minimum absolute atomic E-state index is 0.0233. The first-order chi connectivity index (χ1) is 17.2. The van der Waals surface area contributed by atoms with Crippen LogP contribution in [0.5, 0.6) is 11.8 Å². The van der Waals surface area contributed by atoms with E-state index in [1.807, 2.05) is 6.92 Å². The number of methoxy groups -OCH3 is 3. The summed E-state index contributed by atoms with van der Waals surface area (Å²) < 4.78 is 45.3. The van der Waals surface area contributed by atoms with Crippen LogP contribution >= 0.6 is 11.6 Å². The third-order valence-corrected chi connectivity index (χ3v) is 8.56. The Hall–Kier alpha value is -2.90. The lowest BCUT2D eigenvalue weighted by Gasteiger charge is -2.22. The SMILES string of the molecule is COc1ncnc(OC)c1-n1c(CS(=O)(=O)[C@@H](C)[C@H](OC)c2ncc(Cl)cn2)nnc1[C@H](C)C1CC1. The summed E-state index contributed by atoms with van der Waals surface area (Å²) in [6.45, 7) is 3.59. The van der Waals surface area contributed by atoms with Gasteiger partial charge < -0.3 is 14.2 Å². The van der Waals surface area contributed by atoms with Crippen molar-refractivity contribution in [3.63, 3.8) is 0 Å².